The van der Waals surface area contributed by atoms with Crippen molar-refractivity contribution in [3.05, 3.63) is 176 Å². The molecule has 5 heteroatoms. The van der Waals surface area contributed by atoms with Gasteiger partial charge in [-0.05, 0) is 53.4 Å². The maximum Gasteiger partial charge on any atom is 0.143 e. The number of para-hydroxylation sites is 3. The summed E-state index contributed by atoms with van der Waals surface area (Å²) in [5.74, 6) is 0.186. The molecule has 1 N–H and O–H groups in total. The Morgan fingerprint density at radius 2 is 0.981 bits per heavy atom. The van der Waals surface area contributed by atoms with Crippen LogP contribution in [-0.4, -0.2) is 15.1 Å². The zero-order chi connectivity index (χ0) is 34.3. The van der Waals surface area contributed by atoms with E-state index in [0.717, 1.165) is 83.5 Å². The van der Waals surface area contributed by atoms with Crippen LogP contribution in [0, 0.1) is 13.0 Å². The van der Waals surface area contributed by atoms with Crippen LogP contribution in [0.1, 0.15) is 5.69 Å². The summed E-state index contributed by atoms with van der Waals surface area (Å²) in [6.07, 6.45) is 0. The van der Waals surface area contributed by atoms with Crippen molar-refractivity contribution in [1.29, 1.82) is 0 Å². The van der Waals surface area contributed by atoms with Gasteiger partial charge in [-0.2, -0.15) is 0 Å². The van der Waals surface area contributed by atoms with E-state index in [-0.39, 0.29) is 26.8 Å². The molecular weight excluding hydrogens is 820 g/mol. The third-order valence-corrected chi connectivity index (χ3v) is 9.33. The monoisotopic (exact) mass is 850 g/mol. The van der Waals surface area contributed by atoms with Crippen LogP contribution in [-0.2, 0) is 21.1 Å². The number of phenolic OH excluding ortho intramolecular Hbond substituents is 1. The standard InChI is InChI=1S/C47H31N2O2.Pt/c1-30-25-36(38-21-12-23-40-39-22-11-20-37(46(39)51-47(38)40)32-15-6-3-7-16-32)29-42(48-30)33-17-10-18-34(26-33)43-27-35(31-13-4-2-5-14-31)28-44(49-43)41-19-8-9-24-45(41)50;/h2-25,27-29,50H,1H3;/q-1;. The molecule has 0 radical (unpaired) electrons. The van der Waals surface area contributed by atoms with E-state index in [1.165, 1.54) is 0 Å². The van der Waals surface area contributed by atoms with E-state index in [1.54, 1.807) is 6.07 Å². The third kappa shape index (κ3) is 6.12. The fourth-order valence-electron chi connectivity index (χ4n) is 6.92. The van der Waals surface area contributed by atoms with Crippen LogP contribution in [0.3, 0.4) is 0 Å². The summed E-state index contributed by atoms with van der Waals surface area (Å²) in [6, 6.07) is 58.6. The number of phenols is 1. The van der Waals surface area contributed by atoms with Crippen molar-refractivity contribution in [2.45, 2.75) is 6.92 Å². The second-order valence-electron chi connectivity index (χ2n) is 12.7. The SMILES string of the molecule is Cc1cc(-c2cccc3c2oc2c(-c4ccccc4)cccc23)cc(-c2[c-]c(-c3cc(-c4ccccc4)cc(-c4ccccc4O)n3)ccc2)n1.[Pt]. The van der Waals surface area contributed by atoms with Gasteiger partial charge in [0.2, 0.25) is 0 Å². The molecule has 0 aliphatic carbocycles. The molecule has 3 aromatic heterocycles. The number of benzene rings is 6. The predicted molar refractivity (Wildman–Crippen MR) is 207 cm³/mol. The number of pyridine rings is 2. The third-order valence-electron chi connectivity index (χ3n) is 9.33. The Kier molecular flexibility index (Phi) is 8.84. The normalized spacial score (nSPS) is 11.1. The number of aromatic nitrogens is 2. The van der Waals surface area contributed by atoms with Gasteiger partial charge in [0.25, 0.3) is 0 Å². The van der Waals surface area contributed by atoms with Crippen molar-refractivity contribution in [3.63, 3.8) is 0 Å². The van der Waals surface area contributed by atoms with Gasteiger partial charge < -0.3 is 9.52 Å². The van der Waals surface area contributed by atoms with Gasteiger partial charge in [-0.25, -0.2) is 0 Å². The topological polar surface area (TPSA) is 59.2 Å². The summed E-state index contributed by atoms with van der Waals surface area (Å²) < 4.78 is 6.74. The molecule has 252 valence electrons. The Balaban J connectivity index is 0.00000387. The Labute approximate surface area is 316 Å². The first-order valence-electron chi connectivity index (χ1n) is 17.0. The van der Waals surface area contributed by atoms with Gasteiger partial charge in [-0.15, -0.1) is 24.3 Å². The molecule has 0 aliphatic heterocycles. The summed E-state index contributed by atoms with van der Waals surface area (Å²) in [5, 5.41) is 12.9. The maximum atomic E-state index is 10.7. The molecule has 6 aromatic carbocycles. The minimum atomic E-state index is 0. The van der Waals surface area contributed by atoms with E-state index in [2.05, 4.69) is 97.1 Å². The van der Waals surface area contributed by atoms with Crippen LogP contribution >= 0.6 is 0 Å². The molecule has 9 aromatic rings. The van der Waals surface area contributed by atoms with E-state index >= 15 is 0 Å². The number of rotatable bonds is 6. The van der Waals surface area contributed by atoms with E-state index in [4.69, 9.17) is 14.4 Å². The first-order chi connectivity index (χ1) is 25.1. The molecule has 0 unspecified atom stereocenters. The summed E-state index contributed by atoms with van der Waals surface area (Å²) in [5.41, 5.74) is 13.5. The van der Waals surface area contributed by atoms with Gasteiger partial charge in [-0.1, -0.05) is 132 Å². The molecule has 4 nitrogen and oxygen atoms in total. The van der Waals surface area contributed by atoms with Crippen LogP contribution in [0.15, 0.2) is 168 Å². The Hall–Kier alpha value is -6.09. The Morgan fingerprint density at radius 1 is 0.462 bits per heavy atom. The smallest absolute Gasteiger partial charge is 0.143 e. The van der Waals surface area contributed by atoms with Gasteiger partial charge in [0.1, 0.15) is 16.9 Å². The van der Waals surface area contributed by atoms with Crippen LogP contribution < -0.4 is 0 Å². The quantitative estimate of drug-likeness (QED) is 0.169. The zero-order valence-electron chi connectivity index (χ0n) is 28.2. The first-order valence-corrected chi connectivity index (χ1v) is 17.0. The van der Waals surface area contributed by atoms with Crippen molar-refractivity contribution < 1.29 is 30.6 Å². The number of aromatic hydroxyl groups is 1. The number of furan rings is 1. The molecule has 0 amide bonds. The first kappa shape index (κ1) is 33.1. The van der Waals surface area contributed by atoms with Gasteiger partial charge in [0, 0.05) is 65.6 Å². The number of aryl methyl sites for hydroxylation is 1. The zero-order valence-corrected chi connectivity index (χ0v) is 30.4. The molecule has 0 aliphatic rings. The van der Waals surface area contributed by atoms with E-state index in [1.807, 2.05) is 73.7 Å². The average molecular weight is 851 g/mol. The number of hydrogen-bond acceptors (Lipinski definition) is 4. The minimum absolute atomic E-state index is 0. The van der Waals surface area contributed by atoms with Gasteiger partial charge in [0.05, 0.1) is 5.69 Å². The van der Waals surface area contributed by atoms with Crippen LogP contribution in [0.5, 0.6) is 5.75 Å². The Bertz CT molecular complexity index is 2720. The van der Waals surface area contributed by atoms with Crippen molar-refractivity contribution in [3.8, 4) is 72.9 Å². The molecule has 0 spiro atoms. The molecule has 52 heavy (non-hydrogen) atoms. The predicted octanol–water partition coefficient (Wildman–Crippen LogP) is 12.2. The Morgan fingerprint density at radius 3 is 1.65 bits per heavy atom. The maximum absolute atomic E-state index is 10.7. The van der Waals surface area contributed by atoms with Gasteiger partial charge >= 0.3 is 0 Å². The molecule has 0 atom stereocenters. The fourth-order valence-corrected chi connectivity index (χ4v) is 6.92. The summed E-state index contributed by atoms with van der Waals surface area (Å²) in [6.45, 7) is 2.02. The molecule has 0 fully saturated rings. The summed E-state index contributed by atoms with van der Waals surface area (Å²) in [7, 11) is 0. The molecule has 0 bridgehead atoms. The fraction of sp³-hybridized carbons (Fsp3) is 0.0213. The number of fused-ring (bicyclic) bond motifs is 3. The van der Waals surface area contributed by atoms with Crippen molar-refractivity contribution in [2.75, 3.05) is 0 Å². The number of hydrogen-bond donors (Lipinski definition) is 1. The van der Waals surface area contributed by atoms with Crippen LogP contribution in [0.2, 0.25) is 0 Å². The molecule has 0 saturated carbocycles. The summed E-state index contributed by atoms with van der Waals surface area (Å²) >= 11 is 0. The van der Waals surface area contributed by atoms with Crippen molar-refractivity contribution >= 4 is 21.9 Å². The molecular formula is C47H31N2O2Pt-. The second-order valence-corrected chi connectivity index (χ2v) is 12.7. The van der Waals surface area contributed by atoms with E-state index < -0.39 is 0 Å². The van der Waals surface area contributed by atoms with Crippen molar-refractivity contribution in [2.24, 2.45) is 0 Å². The van der Waals surface area contributed by atoms with Gasteiger partial charge in [-0.3, -0.25) is 9.97 Å². The van der Waals surface area contributed by atoms with Crippen molar-refractivity contribution in [1.82, 2.24) is 9.97 Å². The van der Waals surface area contributed by atoms with Crippen LogP contribution in [0.25, 0.3) is 89.1 Å². The van der Waals surface area contributed by atoms with E-state index in [9.17, 15) is 5.11 Å². The van der Waals surface area contributed by atoms with Crippen LogP contribution in [0.4, 0.5) is 0 Å². The molecule has 3 heterocycles. The second kappa shape index (κ2) is 13.9. The molecule has 0 saturated heterocycles. The summed E-state index contributed by atoms with van der Waals surface area (Å²) in [4.78, 5) is 10.0. The van der Waals surface area contributed by atoms with E-state index in [0.29, 0.717) is 11.3 Å². The minimum Gasteiger partial charge on any atom is -0.507 e. The average Bonchev–Trinajstić information content (AvgIpc) is 3.58. The van der Waals surface area contributed by atoms with Gasteiger partial charge in [0.15, 0.2) is 0 Å². The number of nitrogens with zero attached hydrogens (tertiary/aromatic N) is 2. The molecule has 9 rings (SSSR count). The largest absolute Gasteiger partial charge is 0.507 e.